The van der Waals surface area contributed by atoms with Crippen LogP contribution in [0.5, 0.6) is 0 Å². The van der Waals surface area contributed by atoms with Crippen LogP contribution in [0.1, 0.15) is 32.6 Å². The van der Waals surface area contributed by atoms with Gasteiger partial charge in [-0.3, -0.25) is 9.78 Å². The van der Waals surface area contributed by atoms with Gasteiger partial charge in [-0.15, -0.1) is 5.10 Å². The van der Waals surface area contributed by atoms with E-state index < -0.39 is 0 Å². The average molecular weight is 422 g/mol. The molecule has 0 atom stereocenters. The van der Waals surface area contributed by atoms with Crippen molar-refractivity contribution in [2.75, 3.05) is 0 Å². The lowest BCUT2D eigenvalue weighted by Gasteiger charge is -2.24. The van der Waals surface area contributed by atoms with Crippen molar-refractivity contribution < 1.29 is 4.79 Å². The first-order valence-corrected chi connectivity index (χ1v) is 10.4. The Morgan fingerprint density at radius 3 is 2.62 bits per heavy atom. The molecule has 0 spiro atoms. The van der Waals surface area contributed by atoms with Gasteiger partial charge < -0.3 is 4.90 Å². The number of amides is 1. The van der Waals surface area contributed by atoms with Crippen molar-refractivity contribution in [3.8, 4) is 0 Å². The molecule has 32 heavy (non-hydrogen) atoms. The van der Waals surface area contributed by atoms with Crippen molar-refractivity contribution >= 4 is 22.5 Å². The molecule has 158 valence electrons. The first kappa shape index (κ1) is 19.8. The van der Waals surface area contributed by atoms with Gasteiger partial charge >= 0.3 is 0 Å². The molecule has 1 amide bonds. The monoisotopic (exact) mass is 422 g/mol. The molecule has 0 saturated carbocycles. The Bertz CT molecular complexity index is 1430. The third-order valence-corrected chi connectivity index (χ3v) is 5.69. The van der Waals surface area contributed by atoms with Crippen LogP contribution in [-0.4, -0.2) is 35.8 Å². The number of hydrogen-bond donors (Lipinski definition) is 0. The van der Waals surface area contributed by atoms with Gasteiger partial charge in [-0.2, -0.15) is 4.52 Å². The number of rotatable bonds is 5. The molecule has 0 radical (unpaired) electrons. The molecule has 7 nitrogen and oxygen atoms in total. The minimum Gasteiger partial charge on any atom is -0.330 e. The predicted molar refractivity (Wildman–Crippen MR) is 122 cm³/mol. The number of carbonyl (C=O) groups is 1. The number of carbonyl (C=O) groups excluding carboxylic acids is 1. The summed E-state index contributed by atoms with van der Waals surface area (Å²) in [5, 5.41) is 13.4. The van der Waals surface area contributed by atoms with Crippen LogP contribution in [0.25, 0.3) is 16.6 Å². The van der Waals surface area contributed by atoms with Crippen LogP contribution < -0.4 is 0 Å². The summed E-state index contributed by atoms with van der Waals surface area (Å²) in [4.78, 5) is 19.7. The Morgan fingerprint density at radius 1 is 0.969 bits per heavy atom. The van der Waals surface area contributed by atoms with E-state index in [1.165, 1.54) is 0 Å². The van der Waals surface area contributed by atoms with Crippen LogP contribution in [0.15, 0.2) is 73.1 Å². The number of aryl methyl sites for hydroxylation is 2. The SMILES string of the molecule is Cc1ccccc1C(=O)N(Cc1cccnc1)Cc1cc2cccc(C)c2n2nnnc12. The summed E-state index contributed by atoms with van der Waals surface area (Å²) in [5.74, 6) is -0.0399. The van der Waals surface area contributed by atoms with Crippen molar-refractivity contribution in [3.05, 3.63) is 101 Å². The van der Waals surface area contributed by atoms with Crippen molar-refractivity contribution in [2.45, 2.75) is 26.9 Å². The summed E-state index contributed by atoms with van der Waals surface area (Å²) in [6.07, 6.45) is 3.52. The number of hydrogen-bond acceptors (Lipinski definition) is 5. The molecule has 3 aromatic heterocycles. The molecule has 0 bridgehead atoms. The van der Waals surface area contributed by atoms with E-state index in [2.05, 4.69) is 26.6 Å². The second-order valence-corrected chi connectivity index (χ2v) is 7.93. The zero-order chi connectivity index (χ0) is 22.1. The smallest absolute Gasteiger partial charge is 0.254 e. The summed E-state index contributed by atoms with van der Waals surface area (Å²) in [6, 6.07) is 19.7. The fourth-order valence-electron chi connectivity index (χ4n) is 4.09. The number of benzene rings is 2. The minimum absolute atomic E-state index is 0.0399. The van der Waals surface area contributed by atoms with E-state index >= 15 is 0 Å². The lowest BCUT2D eigenvalue weighted by atomic mass is 10.1. The number of nitrogens with zero attached hydrogens (tertiary/aromatic N) is 6. The maximum atomic E-state index is 13.6. The lowest BCUT2D eigenvalue weighted by Crippen LogP contribution is -2.31. The topological polar surface area (TPSA) is 76.3 Å². The Hall–Kier alpha value is -4.13. The van der Waals surface area contributed by atoms with Crippen molar-refractivity contribution in [2.24, 2.45) is 0 Å². The van der Waals surface area contributed by atoms with E-state index in [0.717, 1.165) is 33.2 Å². The van der Waals surface area contributed by atoms with Crippen molar-refractivity contribution in [1.29, 1.82) is 0 Å². The molecular weight excluding hydrogens is 400 g/mol. The summed E-state index contributed by atoms with van der Waals surface area (Å²) in [5.41, 5.74) is 6.19. The zero-order valence-corrected chi connectivity index (χ0v) is 17.9. The van der Waals surface area contributed by atoms with Gasteiger partial charge in [0.1, 0.15) is 0 Å². The summed E-state index contributed by atoms with van der Waals surface area (Å²) in [6.45, 7) is 4.80. The average Bonchev–Trinajstić information content (AvgIpc) is 3.29. The van der Waals surface area contributed by atoms with Gasteiger partial charge in [-0.05, 0) is 59.2 Å². The first-order valence-electron chi connectivity index (χ1n) is 10.4. The predicted octanol–water partition coefficient (Wildman–Crippen LogP) is 4.13. The molecule has 0 N–H and O–H groups in total. The van der Waals surface area contributed by atoms with Crippen LogP contribution >= 0.6 is 0 Å². The Balaban J connectivity index is 1.61. The number of fused-ring (bicyclic) bond motifs is 3. The van der Waals surface area contributed by atoms with Crippen LogP contribution in [0.3, 0.4) is 0 Å². The number of tetrazole rings is 1. The summed E-state index contributed by atoms with van der Waals surface area (Å²) < 4.78 is 1.76. The highest BCUT2D eigenvalue weighted by molar-refractivity contribution is 5.95. The normalized spacial score (nSPS) is 11.2. The Labute approximate surface area is 185 Å². The highest BCUT2D eigenvalue weighted by atomic mass is 16.2. The van der Waals surface area contributed by atoms with Crippen LogP contribution in [0.2, 0.25) is 0 Å². The van der Waals surface area contributed by atoms with Gasteiger partial charge in [-0.25, -0.2) is 0 Å². The number of para-hydroxylation sites is 1. The molecular formula is C25H22N6O. The summed E-state index contributed by atoms with van der Waals surface area (Å²) in [7, 11) is 0. The lowest BCUT2D eigenvalue weighted by molar-refractivity contribution is 0.0729. The molecule has 5 aromatic rings. The second kappa shape index (κ2) is 8.19. The van der Waals surface area contributed by atoms with Crippen LogP contribution in [0, 0.1) is 13.8 Å². The fourth-order valence-corrected chi connectivity index (χ4v) is 4.09. The highest BCUT2D eigenvalue weighted by Gasteiger charge is 2.21. The second-order valence-electron chi connectivity index (χ2n) is 7.93. The van der Waals surface area contributed by atoms with E-state index in [1.807, 2.05) is 73.3 Å². The molecule has 0 unspecified atom stereocenters. The van der Waals surface area contributed by atoms with Gasteiger partial charge in [0.25, 0.3) is 5.91 Å². The third kappa shape index (κ3) is 3.58. The fraction of sp³-hybridized carbons (Fsp3) is 0.160. The Kier molecular flexibility index (Phi) is 5.07. The van der Waals surface area contributed by atoms with Crippen LogP contribution in [0.4, 0.5) is 0 Å². The molecule has 2 aromatic carbocycles. The molecule has 5 rings (SSSR count). The Morgan fingerprint density at radius 2 is 1.81 bits per heavy atom. The van der Waals surface area contributed by atoms with Crippen molar-refractivity contribution in [3.63, 3.8) is 0 Å². The maximum absolute atomic E-state index is 13.6. The van der Waals surface area contributed by atoms with Gasteiger partial charge in [0.15, 0.2) is 5.65 Å². The maximum Gasteiger partial charge on any atom is 0.254 e. The third-order valence-electron chi connectivity index (χ3n) is 5.69. The van der Waals surface area contributed by atoms with E-state index in [-0.39, 0.29) is 5.91 Å². The molecule has 0 aliphatic rings. The molecule has 0 aliphatic heterocycles. The quantitative estimate of drug-likeness (QED) is 0.426. The van der Waals surface area contributed by atoms with E-state index in [0.29, 0.717) is 24.3 Å². The highest BCUT2D eigenvalue weighted by Crippen LogP contribution is 2.24. The summed E-state index contributed by atoms with van der Waals surface area (Å²) >= 11 is 0. The van der Waals surface area contributed by atoms with Crippen LogP contribution in [-0.2, 0) is 13.1 Å². The van der Waals surface area contributed by atoms with E-state index in [9.17, 15) is 4.79 Å². The molecule has 0 saturated heterocycles. The zero-order valence-electron chi connectivity index (χ0n) is 17.9. The largest absolute Gasteiger partial charge is 0.330 e. The molecule has 0 aliphatic carbocycles. The van der Waals surface area contributed by atoms with Gasteiger partial charge in [-0.1, -0.05) is 42.5 Å². The van der Waals surface area contributed by atoms with Gasteiger partial charge in [0.2, 0.25) is 0 Å². The van der Waals surface area contributed by atoms with Gasteiger partial charge in [0.05, 0.1) is 12.1 Å². The standard InChI is InChI=1S/C25H22N6O/c1-17-7-3-4-11-22(17)25(32)30(15-19-9-6-12-26-14-19)16-21-13-20-10-5-8-18(2)23(20)31-24(21)27-28-29-31/h3-14H,15-16H2,1-2H3. The van der Waals surface area contributed by atoms with E-state index in [4.69, 9.17) is 0 Å². The molecule has 3 heterocycles. The van der Waals surface area contributed by atoms with Gasteiger partial charge in [0, 0.05) is 35.5 Å². The minimum atomic E-state index is -0.0399. The van der Waals surface area contributed by atoms with Crippen molar-refractivity contribution in [1.82, 2.24) is 29.9 Å². The molecule has 0 fully saturated rings. The first-order chi connectivity index (χ1) is 15.6. The number of aromatic nitrogens is 5. The van der Waals surface area contributed by atoms with E-state index in [1.54, 1.807) is 16.9 Å². The molecule has 7 heteroatoms. The number of pyridine rings is 2.